The molecule has 0 aliphatic heterocycles. The molecule has 0 atom stereocenters. The summed E-state index contributed by atoms with van der Waals surface area (Å²) in [5, 5.41) is 0. The first-order chi connectivity index (χ1) is 11.9. The Morgan fingerprint density at radius 1 is 1.12 bits per heavy atom. The number of halogens is 3. The number of carbonyl (C=O) groups excluding carboxylic acids is 1. The molecule has 3 nitrogen and oxygen atoms in total. The molecule has 1 aromatic carbocycles. The number of rotatable bonds is 5. The van der Waals surface area contributed by atoms with Crippen LogP contribution in [0.2, 0.25) is 0 Å². The molecule has 2 heterocycles. The third-order valence-corrected chi connectivity index (χ3v) is 4.57. The van der Waals surface area contributed by atoms with Crippen molar-refractivity contribution in [3.05, 3.63) is 81.2 Å². The molecule has 3 rings (SSSR count). The number of amides is 1. The summed E-state index contributed by atoms with van der Waals surface area (Å²) < 4.78 is 45.3. The van der Waals surface area contributed by atoms with Gasteiger partial charge in [0.15, 0.2) is 17.5 Å². The Bertz CT molecular complexity index is 867. The monoisotopic (exact) mass is 365 g/mol. The first kappa shape index (κ1) is 17.3. The molecule has 0 fully saturated rings. The molecule has 0 spiro atoms. The third-order valence-electron chi connectivity index (χ3n) is 3.59. The molecule has 1 amide bonds. The molecule has 3 aromatic rings. The van der Waals surface area contributed by atoms with E-state index in [2.05, 4.69) is 0 Å². The molecule has 0 aliphatic carbocycles. The Morgan fingerprint density at radius 3 is 2.40 bits per heavy atom. The van der Waals surface area contributed by atoms with Crippen LogP contribution in [0.1, 0.15) is 25.9 Å². The molecule has 0 bridgehead atoms. The minimum Gasteiger partial charge on any atom is -0.467 e. The van der Waals surface area contributed by atoms with Crippen molar-refractivity contribution in [3.63, 3.8) is 0 Å². The summed E-state index contributed by atoms with van der Waals surface area (Å²) in [5.74, 6) is -4.46. The lowest BCUT2D eigenvalue weighted by Crippen LogP contribution is -2.30. The number of hydrogen-bond donors (Lipinski definition) is 0. The molecule has 0 radical (unpaired) electrons. The van der Waals surface area contributed by atoms with Crippen LogP contribution in [0.25, 0.3) is 0 Å². The molecular formula is C18H14F3NO2S. The minimum absolute atomic E-state index is 0.128. The second-order valence-corrected chi connectivity index (χ2v) is 6.88. The standard InChI is InChI=1S/C18H14F3NO2S/c1-11-4-5-14(25-11)10-22(9-13-3-2-6-24-13)18(23)12-7-15(19)17(21)16(20)8-12/h2-8H,9-10H2,1H3. The van der Waals surface area contributed by atoms with Gasteiger partial charge in [0.1, 0.15) is 5.76 Å². The van der Waals surface area contributed by atoms with Gasteiger partial charge >= 0.3 is 0 Å². The van der Waals surface area contributed by atoms with Gasteiger partial charge in [-0.15, -0.1) is 11.3 Å². The Balaban J connectivity index is 1.90. The molecule has 0 saturated carbocycles. The lowest BCUT2D eigenvalue weighted by atomic mass is 10.1. The third kappa shape index (κ3) is 3.93. The Labute approximate surface area is 146 Å². The molecule has 0 aliphatic rings. The molecule has 0 N–H and O–H groups in total. The molecule has 25 heavy (non-hydrogen) atoms. The van der Waals surface area contributed by atoms with Gasteiger partial charge in [-0.1, -0.05) is 0 Å². The first-order valence-electron chi connectivity index (χ1n) is 7.45. The van der Waals surface area contributed by atoms with Crippen LogP contribution in [0, 0.1) is 24.4 Å². The predicted molar refractivity (Wildman–Crippen MR) is 87.7 cm³/mol. The highest BCUT2D eigenvalue weighted by atomic mass is 32.1. The number of carbonyl (C=O) groups is 1. The van der Waals surface area contributed by atoms with Crippen LogP contribution in [0.15, 0.2) is 47.1 Å². The van der Waals surface area contributed by atoms with Gasteiger partial charge in [0.05, 0.1) is 19.4 Å². The van der Waals surface area contributed by atoms with Gasteiger partial charge in [-0.2, -0.15) is 0 Å². The molecular weight excluding hydrogens is 351 g/mol. The topological polar surface area (TPSA) is 33.5 Å². The van der Waals surface area contributed by atoms with Gasteiger partial charge in [-0.25, -0.2) is 13.2 Å². The zero-order chi connectivity index (χ0) is 18.0. The lowest BCUT2D eigenvalue weighted by Gasteiger charge is -2.21. The summed E-state index contributed by atoms with van der Waals surface area (Å²) in [6.45, 7) is 2.32. The largest absolute Gasteiger partial charge is 0.467 e. The van der Waals surface area contributed by atoms with E-state index >= 15 is 0 Å². The van der Waals surface area contributed by atoms with Crippen molar-refractivity contribution in [3.8, 4) is 0 Å². The van der Waals surface area contributed by atoms with Gasteiger partial charge in [-0.3, -0.25) is 4.79 Å². The number of benzene rings is 1. The van der Waals surface area contributed by atoms with Crippen molar-refractivity contribution in [2.45, 2.75) is 20.0 Å². The summed E-state index contributed by atoms with van der Waals surface area (Å²) in [4.78, 5) is 16.1. The van der Waals surface area contributed by atoms with E-state index in [9.17, 15) is 18.0 Å². The summed E-state index contributed by atoms with van der Waals surface area (Å²) in [6.07, 6.45) is 1.48. The van der Waals surface area contributed by atoms with E-state index < -0.39 is 23.4 Å². The fourth-order valence-corrected chi connectivity index (χ4v) is 3.32. The van der Waals surface area contributed by atoms with Gasteiger partial charge in [0, 0.05) is 15.3 Å². The molecule has 0 saturated heterocycles. The molecule has 0 unspecified atom stereocenters. The van der Waals surface area contributed by atoms with Crippen molar-refractivity contribution in [2.24, 2.45) is 0 Å². The lowest BCUT2D eigenvalue weighted by molar-refractivity contribution is 0.0718. The van der Waals surface area contributed by atoms with Gasteiger partial charge in [0.2, 0.25) is 0 Å². The highest BCUT2D eigenvalue weighted by Gasteiger charge is 2.22. The van der Waals surface area contributed by atoms with Crippen molar-refractivity contribution in [1.29, 1.82) is 0 Å². The van der Waals surface area contributed by atoms with E-state index in [1.165, 1.54) is 22.5 Å². The van der Waals surface area contributed by atoms with Crippen molar-refractivity contribution >= 4 is 17.2 Å². The fraction of sp³-hybridized carbons (Fsp3) is 0.167. The van der Waals surface area contributed by atoms with Crippen LogP contribution in [-0.2, 0) is 13.1 Å². The van der Waals surface area contributed by atoms with E-state index in [1.54, 1.807) is 12.1 Å². The maximum atomic E-state index is 13.5. The maximum Gasteiger partial charge on any atom is 0.254 e. The second kappa shape index (κ2) is 7.14. The SMILES string of the molecule is Cc1ccc(CN(Cc2ccco2)C(=O)c2cc(F)c(F)c(F)c2)s1. The normalized spacial score (nSPS) is 10.9. The quantitative estimate of drug-likeness (QED) is 0.602. The van der Waals surface area contributed by atoms with Crippen LogP contribution in [-0.4, -0.2) is 10.8 Å². The number of nitrogens with zero attached hydrogens (tertiary/aromatic N) is 1. The van der Waals surface area contributed by atoms with Crippen molar-refractivity contribution < 1.29 is 22.4 Å². The summed E-state index contributed by atoms with van der Waals surface area (Å²) in [7, 11) is 0. The maximum absolute atomic E-state index is 13.5. The minimum atomic E-state index is -1.59. The van der Waals surface area contributed by atoms with E-state index in [-0.39, 0.29) is 18.7 Å². The highest BCUT2D eigenvalue weighted by molar-refractivity contribution is 7.11. The fourth-order valence-electron chi connectivity index (χ4n) is 2.41. The van der Waals surface area contributed by atoms with E-state index in [0.29, 0.717) is 17.9 Å². The van der Waals surface area contributed by atoms with Gasteiger partial charge in [0.25, 0.3) is 5.91 Å². The second-order valence-electron chi connectivity index (χ2n) is 5.51. The summed E-state index contributed by atoms with van der Waals surface area (Å²) in [6, 6.07) is 8.60. The Kier molecular flexibility index (Phi) is 4.94. The first-order valence-corrected chi connectivity index (χ1v) is 8.27. The summed E-state index contributed by atoms with van der Waals surface area (Å²) >= 11 is 1.52. The summed E-state index contributed by atoms with van der Waals surface area (Å²) in [5.41, 5.74) is -0.253. The van der Waals surface area contributed by atoms with Crippen LogP contribution in [0.4, 0.5) is 13.2 Å². The van der Waals surface area contributed by atoms with E-state index in [0.717, 1.165) is 9.75 Å². The van der Waals surface area contributed by atoms with E-state index in [4.69, 9.17) is 4.42 Å². The number of furan rings is 1. The van der Waals surface area contributed by atoms with Crippen LogP contribution < -0.4 is 0 Å². The average molecular weight is 365 g/mol. The predicted octanol–water partition coefficient (Wildman–Crippen LogP) is 4.91. The Hall–Kier alpha value is -2.54. The highest BCUT2D eigenvalue weighted by Crippen LogP contribution is 2.22. The van der Waals surface area contributed by atoms with Crippen LogP contribution in [0.5, 0.6) is 0 Å². The molecule has 2 aromatic heterocycles. The molecule has 130 valence electrons. The average Bonchev–Trinajstić information content (AvgIpc) is 3.22. The van der Waals surface area contributed by atoms with Crippen LogP contribution in [0.3, 0.4) is 0 Å². The van der Waals surface area contributed by atoms with Gasteiger partial charge in [-0.05, 0) is 43.3 Å². The number of hydrogen-bond acceptors (Lipinski definition) is 3. The van der Waals surface area contributed by atoms with E-state index in [1.807, 2.05) is 19.1 Å². The zero-order valence-corrected chi connectivity index (χ0v) is 14.1. The van der Waals surface area contributed by atoms with Crippen LogP contribution >= 0.6 is 11.3 Å². The Morgan fingerprint density at radius 2 is 1.84 bits per heavy atom. The van der Waals surface area contributed by atoms with Crippen molar-refractivity contribution in [1.82, 2.24) is 4.90 Å². The molecule has 7 heteroatoms. The number of thiophene rings is 1. The smallest absolute Gasteiger partial charge is 0.254 e. The zero-order valence-electron chi connectivity index (χ0n) is 13.3. The van der Waals surface area contributed by atoms with Gasteiger partial charge < -0.3 is 9.32 Å². The number of aryl methyl sites for hydroxylation is 1. The van der Waals surface area contributed by atoms with Crippen molar-refractivity contribution in [2.75, 3.05) is 0 Å².